The molecule has 0 saturated heterocycles. The highest BCUT2D eigenvalue weighted by Crippen LogP contribution is 2.23. The molecule has 0 unspecified atom stereocenters. The standard InChI is InChI=1S/C21H12ClFN4O4/c22-17-11-14(27(30)31)9-10-15(17)20(28)25-26-19(12-5-7-13(23)8-6-12)24-18-4-2-1-3-16(18)21(26)29/h1-11H,(H,25,28). The molecular formula is C21H12ClFN4O4. The van der Waals surface area contributed by atoms with Crippen LogP contribution in [0, 0.1) is 15.9 Å². The molecule has 154 valence electrons. The van der Waals surface area contributed by atoms with E-state index in [1.807, 2.05) is 0 Å². The Bertz CT molecular complexity index is 1400. The Balaban J connectivity index is 1.84. The Hall–Kier alpha value is -4.11. The average Bonchev–Trinajstić information content (AvgIpc) is 2.76. The molecule has 0 bridgehead atoms. The summed E-state index contributed by atoms with van der Waals surface area (Å²) in [5, 5.41) is 11.0. The lowest BCUT2D eigenvalue weighted by Crippen LogP contribution is -2.35. The van der Waals surface area contributed by atoms with Gasteiger partial charge in [-0.15, -0.1) is 0 Å². The molecule has 10 heteroatoms. The zero-order chi connectivity index (χ0) is 22.1. The number of non-ortho nitro benzene ring substituents is 1. The van der Waals surface area contributed by atoms with Crippen molar-refractivity contribution in [2.75, 3.05) is 5.43 Å². The van der Waals surface area contributed by atoms with E-state index in [9.17, 15) is 24.1 Å². The zero-order valence-electron chi connectivity index (χ0n) is 15.6. The highest BCUT2D eigenvalue weighted by atomic mass is 35.5. The molecule has 1 aromatic heterocycles. The Labute approximate surface area is 178 Å². The van der Waals surface area contributed by atoms with E-state index >= 15 is 0 Å². The molecule has 31 heavy (non-hydrogen) atoms. The number of nitrogens with one attached hydrogen (secondary N) is 1. The SMILES string of the molecule is O=C(Nn1c(-c2ccc(F)cc2)nc2ccccc2c1=O)c1ccc([N+](=O)[O-])cc1Cl. The molecule has 3 aromatic carbocycles. The Morgan fingerprint density at radius 3 is 2.48 bits per heavy atom. The van der Waals surface area contributed by atoms with Gasteiger partial charge in [0.2, 0.25) is 0 Å². The van der Waals surface area contributed by atoms with Crippen LogP contribution in [0.15, 0.2) is 71.5 Å². The van der Waals surface area contributed by atoms with Gasteiger partial charge in [0.25, 0.3) is 17.2 Å². The molecule has 1 N–H and O–H groups in total. The highest BCUT2D eigenvalue weighted by Gasteiger charge is 2.19. The van der Waals surface area contributed by atoms with Crippen LogP contribution in [0.25, 0.3) is 22.3 Å². The summed E-state index contributed by atoms with van der Waals surface area (Å²) in [4.78, 5) is 40.6. The molecule has 8 nitrogen and oxygen atoms in total. The average molecular weight is 439 g/mol. The third-order valence-corrected chi connectivity index (χ3v) is 4.81. The van der Waals surface area contributed by atoms with Gasteiger partial charge in [-0.3, -0.25) is 25.1 Å². The van der Waals surface area contributed by atoms with Crippen LogP contribution in [0.5, 0.6) is 0 Å². The number of fused-ring (bicyclic) bond motifs is 1. The number of carbonyl (C=O) groups is 1. The minimum Gasteiger partial charge on any atom is -0.267 e. The summed E-state index contributed by atoms with van der Waals surface area (Å²) in [6.45, 7) is 0. The van der Waals surface area contributed by atoms with Crippen molar-refractivity contribution >= 4 is 34.1 Å². The number of carbonyl (C=O) groups excluding carboxylic acids is 1. The van der Waals surface area contributed by atoms with Gasteiger partial charge >= 0.3 is 0 Å². The summed E-state index contributed by atoms with van der Waals surface area (Å²) in [7, 11) is 0. The van der Waals surface area contributed by atoms with Crippen molar-refractivity contribution in [1.82, 2.24) is 9.66 Å². The number of aromatic nitrogens is 2. The van der Waals surface area contributed by atoms with Crippen molar-refractivity contribution in [3.63, 3.8) is 0 Å². The van der Waals surface area contributed by atoms with Gasteiger partial charge in [-0.2, -0.15) is 4.68 Å². The van der Waals surface area contributed by atoms with Gasteiger partial charge in [0, 0.05) is 17.7 Å². The molecule has 0 aliphatic rings. The molecule has 0 radical (unpaired) electrons. The summed E-state index contributed by atoms with van der Waals surface area (Å²) >= 11 is 6.03. The summed E-state index contributed by atoms with van der Waals surface area (Å²) in [6.07, 6.45) is 0. The van der Waals surface area contributed by atoms with E-state index in [-0.39, 0.29) is 27.5 Å². The molecular weight excluding hydrogens is 427 g/mol. The molecule has 0 atom stereocenters. The first-order valence-corrected chi connectivity index (χ1v) is 9.26. The monoisotopic (exact) mass is 438 g/mol. The van der Waals surface area contributed by atoms with Gasteiger partial charge in [-0.05, 0) is 42.5 Å². The highest BCUT2D eigenvalue weighted by molar-refractivity contribution is 6.34. The Morgan fingerprint density at radius 2 is 1.81 bits per heavy atom. The molecule has 0 fully saturated rings. The Kier molecular flexibility index (Phi) is 5.18. The summed E-state index contributed by atoms with van der Waals surface area (Å²) in [5.41, 5.74) is 2.32. The van der Waals surface area contributed by atoms with E-state index in [0.29, 0.717) is 11.1 Å². The molecule has 0 aliphatic carbocycles. The van der Waals surface area contributed by atoms with E-state index in [1.165, 1.54) is 30.3 Å². The first-order valence-electron chi connectivity index (χ1n) is 8.88. The maximum Gasteiger partial charge on any atom is 0.280 e. The van der Waals surface area contributed by atoms with Crippen LogP contribution in [0.3, 0.4) is 0 Å². The van der Waals surface area contributed by atoms with Gasteiger partial charge in [0.05, 0.1) is 26.4 Å². The second kappa shape index (κ2) is 7.96. The van der Waals surface area contributed by atoms with Crippen molar-refractivity contribution in [1.29, 1.82) is 0 Å². The molecule has 1 heterocycles. The van der Waals surface area contributed by atoms with Gasteiger partial charge < -0.3 is 0 Å². The van der Waals surface area contributed by atoms with Gasteiger partial charge in [-0.1, -0.05) is 23.7 Å². The van der Waals surface area contributed by atoms with Gasteiger partial charge in [0.15, 0.2) is 5.82 Å². The first kappa shape index (κ1) is 20.2. The zero-order valence-corrected chi connectivity index (χ0v) is 16.3. The molecule has 0 saturated carbocycles. The second-order valence-electron chi connectivity index (χ2n) is 6.46. The molecule has 0 spiro atoms. The lowest BCUT2D eigenvalue weighted by atomic mass is 10.2. The summed E-state index contributed by atoms with van der Waals surface area (Å²) in [5.74, 6) is -1.17. The topological polar surface area (TPSA) is 107 Å². The largest absolute Gasteiger partial charge is 0.280 e. The van der Waals surface area contributed by atoms with Gasteiger partial charge in [0.1, 0.15) is 5.82 Å². The normalized spacial score (nSPS) is 10.8. The van der Waals surface area contributed by atoms with Crippen molar-refractivity contribution < 1.29 is 14.1 Å². The van der Waals surface area contributed by atoms with Crippen LogP contribution in [-0.2, 0) is 0 Å². The van der Waals surface area contributed by atoms with Crippen molar-refractivity contribution in [2.45, 2.75) is 0 Å². The fraction of sp³-hybridized carbons (Fsp3) is 0. The third-order valence-electron chi connectivity index (χ3n) is 4.50. The number of hydrogen-bond donors (Lipinski definition) is 1. The van der Waals surface area contributed by atoms with Crippen molar-refractivity contribution in [2.24, 2.45) is 0 Å². The van der Waals surface area contributed by atoms with E-state index in [1.54, 1.807) is 24.3 Å². The van der Waals surface area contributed by atoms with Crippen molar-refractivity contribution in [3.05, 3.63) is 104 Å². The van der Waals surface area contributed by atoms with E-state index in [0.717, 1.165) is 16.8 Å². The van der Waals surface area contributed by atoms with Crippen LogP contribution in [0.2, 0.25) is 5.02 Å². The lowest BCUT2D eigenvalue weighted by Gasteiger charge is -2.15. The number of rotatable bonds is 4. The second-order valence-corrected chi connectivity index (χ2v) is 6.87. The number of amides is 1. The van der Waals surface area contributed by atoms with E-state index < -0.39 is 22.2 Å². The summed E-state index contributed by atoms with van der Waals surface area (Å²) < 4.78 is 14.3. The fourth-order valence-electron chi connectivity index (χ4n) is 2.99. The number of nitrogens with zero attached hydrogens (tertiary/aromatic N) is 3. The van der Waals surface area contributed by atoms with Crippen LogP contribution in [0.4, 0.5) is 10.1 Å². The van der Waals surface area contributed by atoms with Gasteiger partial charge in [-0.25, -0.2) is 9.37 Å². The van der Waals surface area contributed by atoms with Crippen LogP contribution < -0.4 is 11.0 Å². The number of halogens is 2. The number of nitro groups is 1. The van der Waals surface area contributed by atoms with Crippen molar-refractivity contribution in [3.8, 4) is 11.4 Å². The fourth-order valence-corrected chi connectivity index (χ4v) is 3.25. The van der Waals surface area contributed by atoms with E-state index in [2.05, 4.69) is 10.4 Å². The maximum atomic E-state index is 13.4. The van der Waals surface area contributed by atoms with Crippen LogP contribution in [0.1, 0.15) is 10.4 Å². The van der Waals surface area contributed by atoms with Crippen LogP contribution in [-0.4, -0.2) is 20.5 Å². The minimum atomic E-state index is -0.776. The molecule has 1 amide bonds. The van der Waals surface area contributed by atoms with E-state index in [4.69, 9.17) is 11.6 Å². The quantitative estimate of drug-likeness (QED) is 0.380. The summed E-state index contributed by atoms with van der Waals surface area (Å²) in [6, 6.07) is 15.2. The smallest absolute Gasteiger partial charge is 0.267 e. The minimum absolute atomic E-state index is 0.0719. The maximum absolute atomic E-state index is 13.4. The number of nitro benzene ring substituents is 1. The molecule has 4 rings (SSSR count). The molecule has 0 aliphatic heterocycles. The number of benzene rings is 3. The predicted octanol–water partition coefficient (Wildman–Crippen LogP) is 4.15. The number of hydrogen-bond acceptors (Lipinski definition) is 5. The molecule has 4 aromatic rings. The number of para-hydroxylation sites is 1. The third kappa shape index (κ3) is 3.86. The first-order chi connectivity index (χ1) is 14.8. The van der Waals surface area contributed by atoms with Crippen LogP contribution >= 0.6 is 11.6 Å². The lowest BCUT2D eigenvalue weighted by molar-refractivity contribution is -0.384. The predicted molar refractivity (Wildman–Crippen MR) is 113 cm³/mol. The Morgan fingerprint density at radius 1 is 1.10 bits per heavy atom.